The van der Waals surface area contributed by atoms with E-state index in [-0.39, 0.29) is 23.2 Å². The van der Waals surface area contributed by atoms with Gasteiger partial charge in [-0.3, -0.25) is 4.90 Å². The van der Waals surface area contributed by atoms with Crippen LogP contribution in [0.1, 0.15) is 44.1 Å². The summed E-state index contributed by atoms with van der Waals surface area (Å²) < 4.78 is 38.5. The predicted octanol–water partition coefficient (Wildman–Crippen LogP) is 5.08. The van der Waals surface area contributed by atoms with Crippen LogP contribution in [0.3, 0.4) is 0 Å². The number of amides is 2. The molecule has 6 nitrogen and oxygen atoms in total. The summed E-state index contributed by atoms with van der Waals surface area (Å²) in [5, 5.41) is 5.49. The predicted molar refractivity (Wildman–Crippen MR) is 130 cm³/mol. The lowest BCUT2D eigenvalue weighted by molar-refractivity contribution is 0.132. The van der Waals surface area contributed by atoms with Crippen LogP contribution in [0.2, 0.25) is 0 Å². The molecule has 5 rings (SSSR count). The van der Waals surface area contributed by atoms with Gasteiger partial charge in [0, 0.05) is 30.1 Å². The molecule has 188 valence electrons. The van der Waals surface area contributed by atoms with Gasteiger partial charge < -0.3 is 20.1 Å². The van der Waals surface area contributed by atoms with Gasteiger partial charge in [0.05, 0.1) is 19.9 Å². The molecule has 1 aliphatic heterocycles. The van der Waals surface area contributed by atoms with E-state index < -0.39 is 17.7 Å². The molecule has 3 fully saturated rings. The molecule has 2 aromatic rings. The van der Waals surface area contributed by atoms with E-state index in [0.29, 0.717) is 5.75 Å². The summed E-state index contributed by atoms with van der Waals surface area (Å²) in [6, 6.07) is 9.00. The van der Waals surface area contributed by atoms with E-state index in [0.717, 1.165) is 68.6 Å². The molecular formula is C27H33F2N3O3. The highest BCUT2D eigenvalue weighted by Crippen LogP contribution is 2.51. The van der Waals surface area contributed by atoms with Crippen LogP contribution in [0, 0.1) is 17.6 Å². The van der Waals surface area contributed by atoms with Crippen LogP contribution >= 0.6 is 0 Å². The van der Waals surface area contributed by atoms with Crippen molar-refractivity contribution in [2.45, 2.75) is 56.0 Å². The molecule has 35 heavy (non-hydrogen) atoms. The van der Waals surface area contributed by atoms with Crippen molar-refractivity contribution in [2.24, 2.45) is 5.92 Å². The van der Waals surface area contributed by atoms with E-state index in [9.17, 15) is 13.6 Å². The second kappa shape index (κ2) is 9.64. The van der Waals surface area contributed by atoms with Crippen LogP contribution in [0.15, 0.2) is 36.4 Å². The number of nitrogens with one attached hydrogen (secondary N) is 2. The molecule has 2 N–H and O–H groups in total. The number of hydrogen-bond acceptors (Lipinski definition) is 4. The number of benzene rings is 2. The summed E-state index contributed by atoms with van der Waals surface area (Å²) in [5.74, 6) is 0.956. The van der Waals surface area contributed by atoms with Crippen molar-refractivity contribution in [1.82, 2.24) is 10.2 Å². The number of nitrogens with zero attached hydrogens (tertiary/aromatic N) is 1. The number of hydrogen-bond donors (Lipinski definition) is 2. The third kappa shape index (κ3) is 4.81. The lowest BCUT2D eigenvalue weighted by atomic mass is 9.65. The Bertz CT molecular complexity index is 1090. The molecule has 0 radical (unpaired) electrons. The maximum Gasteiger partial charge on any atom is 0.319 e. The summed E-state index contributed by atoms with van der Waals surface area (Å²) in [7, 11) is 3.30. The Morgan fingerprint density at radius 1 is 1.06 bits per heavy atom. The summed E-state index contributed by atoms with van der Waals surface area (Å²) in [6.45, 7) is 2.12. The molecule has 2 aromatic carbocycles. The maximum atomic E-state index is 14.0. The smallest absolute Gasteiger partial charge is 0.319 e. The minimum absolute atomic E-state index is 0.0161. The molecule has 3 atom stereocenters. The van der Waals surface area contributed by atoms with Crippen LogP contribution in [0.4, 0.5) is 19.3 Å². The van der Waals surface area contributed by atoms with Crippen molar-refractivity contribution in [3.05, 3.63) is 53.6 Å². The highest BCUT2D eigenvalue weighted by molar-refractivity contribution is 5.89. The molecule has 2 amide bonds. The molecule has 1 saturated heterocycles. The molecule has 0 aromatic heterocycles. The van der Waals surface area contributed by atoms with Crippen molar-refractivity contribution < 1.29 is 23.0 Å². The monoisotopic (exact) mass is 485 g/mol. The van der Waals surface area contributed by atoms with E-state index in [4.69, 9.17) is 9.47 Å². The Balaban J connectivity index is 1.34. The molecule has 1 heterocycles. The molecule has 0 bridgehead atoms. The zero-order chi connectivity index (χ0) is 24.6. The fraction of sp³-hybridized carbons (Fsp3) is 0.519. The van der Waals surface area contributed by atoms with Crippen LogP contribution in [-0.2, 0) is 5.41 Å². The van der Waals surface area contributed by atoms with Crippen molar-refractivity contribution in [1.29, 1.82) is 0 Å². The van der Waals surface area contributed by atoms with E-state index in [1.165, 1.54) is 18.4 Å². The fourth-order valence-corrected chi connectivity index (χ4v) is 6.05. The van der Waals surface area contributed by atoms with Crippen LogP contribution in [0.25, 0.3) is 0 Å². The number of fused-ring (bicyclic) bond motifs is 1. The minimum atomic E-state index is -0.663. The number of rotatable bonds is 7. The highest BCUT2D eigenvalue weighted by Gasteiger charge is 2.52. The van der Waals surface area contributed by atoms with Crippen molar-refractivity contribution in [3.63, 3.8) is 0 Å². The molecule has 8 heteroatoms. The first kappa shape index (κ1) is 23.9. The van der Waals surface area contributed by atoms with Crippen molar-refractivity contribution >= 4 is 11.7 Å². The maximum absolute atomic E-state index is 14.0. The van der Waals surface area contributed by atoms with Gasteiger partial charge in [-0.25, -0.2) is 13.6 Å². The number of anilines is 1. The highest BCUT2D eigenvalue weighted by atomic mass is 19.1. The van der Waals surface area contributed by atoms with E-state index in [2.05, 4.69) is 27.7 Å². The standard InChI is InChI=1S/C27H33F2N3O3/c1-34-23-8-5-18(13-24(23)35-2)27-10-9-20(15-25(27)32(12-11-27)16-17-3-4-17)30-26(33)31-22-14-19(28)6-7-21(22)29/h5-8,13-14,17,20,25H,3-4,9-12,15-16H2,1-2H3,(H2,30,31,33). The van der Waals surface area contributed by atoms with E-state index in [1.807, 2.05) is 6.07 Å². The molecule has 2 saturated carbocycles. The number of carbonyl (C=O) groups is 1. The van der Waals surface area contributed by atoms with Crippen LogP contribution in [-0.4, -0.2) is 50.3 Å². The quantitative estimate of drug-likeness (QED) is 0.574. The van der Waals surface area contributed by atoms with Crippen LogP contribution < -0.4 is 20.1 Å². The van der Waals surface area contributed by atoms with Gasteiger partial charge in [-0.05, 0) is 80.8 Å². The first-order chi connectivity index (χ1) is 16.9. The summed E-state index contributed by atoms with van der Waals surface area (Å²) >= 11 is 0. The largest absolute Gasteiger partial charge is 0.493 e. The van der Waals surface area contributed by atoms with E-state index in [1.54, 1.807) is 14.2 Å². The van der Waals surface area contributed by atoms with E-state index >= 15 is 0 Å². The zero-order valence-electron chi connectivity index (χ0n) is 20.3. The average molecular weight is 486 g/mol. The number of carbonyl (C=O) groups excluding carboxylic acids is 1. The second-order valence-corrected chi connectivity index (χ2v) is 10.1. The Hall–Kier alpha value is -2.87. The van der Waals surface area contributed by atoms with Crippen molar-refractivity contribution in [3.8, 4) is 11.5 Å². The second-order valence-electron chi connectivity index (χ2n) is 10.1. The number of halogens is 2. The number of urea groups is 1. The van der Waals surface area contributed by atoms with Gasteiger partial charge in [-0.15, -0.1) is 0 Å². The van der Waals surface area contributed by atoms with Crippen molar-refractivity contribution in [2.75, 3.05) is 32.6 Å². The normalized spacial score (nSPS) is 26.2. The Morgan fingerprint density at radius 2 is 1.86 bits per heavy atom. The lowest BCUT2D eigenvalue weighted by Gasteiger charge is -2.45. The topological polar surface area (TPSA) is 62.8 Å². The summed E-state index contributed by atoms with van der Waals surface area (Å²) in [5.41, 5.74) is 1.08. The van der Waals surface area contributed by atoms with Crippen LogP contribution in [0.5, 0.6) is 11.5 Å². The zero-order valence-corrected chi connectivity index (χ0v) is 20.3. The summed E-state index contributed by atoms with van der Waals surface area (Å²) in [6.07, 6.45) is 6.17. The van der Waals surface area contributed by atoms with Gasteiger partial charge in [0.25, 0.3) is 0 Å². The molecule has 0 spiro atoms. The van der Waals surface area contributed by atoms with Gasteiger partial charge in [0.15, 0.2) is 11.5 Å². The first-order valence-electron chi connectivity index (χ1n) is 12.4. The molecular weight excluding hydrogens is 452 g/mol. The molecule has 3 unspecified atom stereocenters. The SMILES string of the molecule is COc1ccc(C23CCC(NC(=O)Nc4cc(F)ccc4F)CC2N(CC2CC2)CC3)cc1OC. The van der Waals surface area contributed by atoms with Gasteiger partial charge >= 0.3 is 6.03 Å². The van der Waals surface area contributed by atoms with Gasteiger partial charge in [-0.1, -0.05) is 6.07 Å². The minimum Gasteiger partial charge on any atom is -0.493 e. The molecule has 2 aliphatic carbocycles. The Morgan fingerprint density at radius 3 is 2.60 bits per heavy atom. The Kier molecular flexibility index (Phi) is 6.57. The third-order valence-corrected chi connectivity index (χ3v) is 8.03. The average Bonchev–Trinajstić information content (AvgIpc) is 3.61. The van der Waals surface area contributed by atoms with Gasteiger partial charge in [-0.2, -0.15) is 0 Å². The molecule has 3 aliphatic rings. The lowest BCUT2D eigenvalue weighted by Crippen LogP contribution is -2.53. The number of likely N-dealkylation sites (tertiary alicyclic amines) is 1. The van der Waals surface area contributed by atoms with Gasteiger partial charge in [0.2, 0.25) is 0 Å². The third-order valence-electron chi connectivity index (χ3n) is 8.03. The fourth-order valence-electron chi connectivity index (χ4n) is 6.05. The summed E-state index contributed by atoms with van der Waals surface area (Å²) in [4.78, 5) is 15.3. The first-order valence-corrected chi connectivity index (χ1v) is 12.4. The van der Waals surface area contributed by atoms with Gasteiger partial charge in [0.1, 0.15) is 11.6 Å². The Labute approximate surface area is 205 Å². The number of methoxy groups -OCH3 is 2. The number of ether oxygens (including phenoxy) is 2.